The largest absolute Gasteiger partial charge is 0.390 e. The summed E-state index contributed by atoms with van der Waals surface area (Å²) in [5, 5.41) is 10.3. The number of benzene rings is 1. The Balaban J connectivity index is 1.37. The van der Waals surface area contributed by atoms with Crippen LogP contribution in [0.2, 0.25) is 0 Å². The molecule has 1 amide bonds. The van der Waals surface area contributed by atoms with Crippen molar-refractivity contribution in [2.24, 2.45) is 0 Å². The lowest BCUT2D eigenvalue weighted by Gasteiger charge is -2.46. The third-order valence-electron chi connectivity index (χ3n) is 6.35. The van der Waals surface area contributed by atoms with Crippen molar-refractivity contribution in [2.75, 3.05) is 37.7 Å². The zero-order valence-corrected chi connectivity index (χ0v) is 15.5. The van der Waals surface area contributed by atoms with E-state index in [4.69, 9.17) is 4.74 Å². The highest BCUT2D eigenvalue weighted by molar-refractivity contribution is 5.94. The molecule has 5 nitrogen and oxygen atoms in total. The van der Waals surface area contributed by atoms with Gasteiger partial charge < -0.3 is 19.6 Å². The number of amides is 1. The summed E-state index contributed by atoms with van der Waals surface area (Å²) in [6.45, 7) is 4.27. The predicted octanol–water partition coefficient (Wildman–Crippen LogP) is 2.82. The zero-order chi connectivity index (χ0) is 18.0. The van der Waals surface area contributed by atoms with Crippen molar-refractivity contribution in [1.82, 2.24) is 4.90 Å². The lowest BCUT2D eigenvalue weighted by molar-refractivity contribution is -0.174. The molecule has 1 N–H and O–H groups in total. The quantitative estimate of drug-likeness (QED) is 0.883. The van der Waals surface area contributed by atoms with Gasteiger partial charge in [-0.05, 0) is 69.2 Å². The second-order valence-corrected chi connectivity index (χ2v) is 7.96. The molecule has 0 bridgehead atoms. The second-order valence-electron chi connectivity index (χ2n) is 7.96. The summed E-state index contributed by atoms with van der Waals surface area (Å²) in [7, 11) is 0. The van der Waals surface area contributed by atoms with E-state index in [0.717, 1.165) is 50.9 Å². The number of aliphatic hydroxyl groups excluding tert-OH is 1. The number of rotatable bonds is 2. The van der Waals surface area contributed by atoms with Crippen LogP contribution in [0.25, 0.3) is 0 Å². The maximum Gasteiger partial charge on any atom is 0.253 e. The van der Waals surface area contributed by atoms with E-state index >= 15 is 0 Å². The summed E-state index contributed by atoms with van der Waals surface area (Å²) in [4.78, 5) is 17.2. The number of nitrogens with zero attached hydrogens (tertiary/aromatic N) is 2. The Morgan fingerprint density at radius 1 is 1.00 bits per heavy atom. The highest BCUT2D eigenvalue weighted by Crippen LogP contribution is 2.35. The Morgan fingerprint density at radius 2 is 1.69 bits per heavy atom. The van der Waals surface area contributed by atoms with Gasteiger partial charge in [-0.15, -0.1) is 0 Å². The summed E-state index contributed by atoms with van der Waals surface area (Å²) in [6, 6.07) is 8.08. The van der Waals surface area contributed by atoms with E-state index in [2.05, 4.69) is 17.0 Å². The molecule has 142 valence electrons. The molecule has 4 rings (SSSR count). The fourth-order valence-corrected chi connectivity index (χ4v) is 4.63. The normalized spacial score (nSPS) is 26.1. The summed E-state index contributed by atoms with van der Waals surface area (Å²) < 4.78 is 5.94. The first-order valence-corrected chi connectivity index (χ1v) is 10.1. The first kappa shape index (κ1) is 17.8. The van der Waals surface area contributed by atoms with Crippen molar-refractivity contribution in [3.05, 3.63) is 29.8 Å². The van der Waals surface area contributed by atoms with Crippen LogP contribution in [0.4, 0.5) is 5.69 Å². The minimum Gasteiger partial charge on any atom is -0.390 e. The average Bonchev–Trinajstić information content (AvgIpc) is 2.71. The molecule has 3 heterocycles. The molecule has 1 aromatic carbocycles. The van der Waals surface area contributed by atoms with Gasteiger partial charge in [-0.2, -0.15) is 0 Å². The van der Waals surface area contributed by atoms with Crippen LogP contribution >= 0.6 is 0 Å². The van der Waals surface area contributed by atoms with Crippen LogP contribution in [0.3, 0.4) is 0 Å². The first-order chi connectivity index (χ1) is 12.7. The molecular weight excluding hydrogens is 328 g/mol. The smallest absolute Gasteiger partial charge is 0.253 e. The van der Waals surface area contributed by atoms with Gasteiger partial charge in [0, 0.05) is 44.0 Å². The Hall–Kier alpha value is -1.59. The maximum absolute atomic E-state index is 12.8. The zero-order valence-electron chi connectivity index (χ0n) is 15.5. The number of piperidine rings is 2. The molecule has 1 aromatic rings. The molecule has 3 saturated heterocycles. The van der Waals surface area contributed by atoms with E-state index in [9.17, 15) is 9.90 Å². The van der Waals surface area contributed by atoms with Crippen LogP contribution in [0.5, 0.6) is 0 Å². The molecule has 5 heteroatoms. The summed E-state index contributed by atoms with van der Waals surface area (Å²) in [5.74, 6) is 0.0929. The van der Waals surface area contributed by atoms with Crippen molar-refractivity contribution in [2.45, 2.75) is 56.7 Å². The minimum atomic E-state index is -0.423. The molecule has 0 aromatic heterocycles. The first-order valence-electron chi connectivity index (χ1n) is 10.1. The van der Waals surface area contributed by atoms with E-state index in [1.54, 1.807) is 0 Å². The van der Waals surface area contributed by atoms with Crippen LogP contribution < -0.4 is 4.90 Å². The molecule has 1 atom stereocenters. The topological polar surface area (TPSA) is 53.0 Å². The van der Waals surface area contributed by atoms with Crippen LogP contribution in [0.1, 0.15) is 55.3 Å². The summed E-state index contributed by atoms with van der Waals surface area (Å²) >= 11 is 0. The second kappa shape index (κ2) is 7.57. The van der Waals surface area contributed by atoms with E-state index < -0.39 is 11.7 Å². The maximum atomic E-state index is 12.8. The lowest BCUT2D eigenvalue weighted by Crippen LogP contribution is -2.56. The van der Waals surface area contributed by atoms with Gasteiger partial charge in [0.2, 0.25) is 0 Å². The number of likely N-dealkylation sites (tertiary alicyclic amines) is 1. The Kier molecular flexibility index (Phi) is 5.18. The SMILES string of the molecule is O=C(c1ccc(N2CCCCC2)cc1)N1CCC2(CC1)OCCC[C@@H]2O. The van der Waals surface area contributed by atoms with Crippen molar-refractivity contribution in [3.63, 3.8) is 0 Å². The highest BCUT2D eigenvalue weighted by atomic mass is 16.5. The van der Waals surface area contributed by atoms with Gasteiger partial charge >= 0.3 is 0 Å². The standard InChI is InChI=1S/C21H30N2O3/c24-19-5-4-16-26-21(19)10-14-23(15-11-21)20(25)17-6-8-18(9-7-17)22-12-2-1-3-13-22/h6-9,19,24H,1-5,10-16H2/t19-/m0/s1. The number of carbonyl (C=O) groups is 1. The summed E-state index contributed by atoms with van der Waals surface area (Å²) in [5.41, 5.74) is 1.55. The molecule has 3 fully saturated rings. The number of carbonyl (C=O) groups excluding carboxylic acids is 1. The van der Waals surface area contributed by atoms with E-state index in [1.165, 1.54) is 24.9 Å². The van der Waals surface area contributed by atoms with Gasteiger partial charge in [0.25, 0.3) is 5.91 Å². The summed E-state index contributed by atoms with van der Waals surface area (Å²) in [6.07, 6.45) is 6.63. The number of anilines is 1. The van der Waals surface area contributed by atoms with Crippen LogP contribution in [0.15, 0.2) is 24.3 Å². The van der Waals surface area contributed by atoms with Gasteiger partial charge in [0.05, 0.1) is 11.7 Å². The van der Waals surface area contributed by atoms with Gasteiger partial charge in [0.15, 0.2) is 0 Å². The van der Waals surface area contributed by atoms with Crippen molar-refractivity contribution in [1.29, 1.82) is 0 Å². The van der Waals surface area contributed by atoms with Crippen molar-refractivity contribution >= 4 is 11.6 Å². The van der Waals surface area contributed by atoms with E-state index in [-0.39, 0.29) is 5.91 Å². The van der Waals surface area contributed by atoms with Crippen molar-refractivity contribution in [3.8, 4) is 0 Å². The van der Waals surface area contributed by atoms with Gasteiger partial charge in [-0.3, -0.25) is 4.79 Å². The minimum absolute atomic E-state index is 0.0929. The van der Waals surface area contributed by atoms with Gasteiger partial charge in [-0.25, -0.2) is 0 Å². The Morgan fingerprint density at radius 3 is 2.35 bits per heavy atom. The molecule has 0 radical (unpaired) electrons. The van der Waals surface area contributed by atoms with Crippen molar-refractivity contribution < 1.29 is 14.6 Å². The number of aliphatic hydroxyl groups is 1. The molecule has 3 aliphatic heterocycles. The third kappa shape index (κ3) is 3.47. The molecule has 26 heavy (non-hydrogen) atoms. The van der Waals surface area contributed by atoms with Gasteiger partial charge in [-0.1, -0.05) is 0 Å². The molecule has 1 spiro atoms. The molecule has 0 saturated carbocycles. The van der Waals surface area contributed by atoms with E-state index in [0.29, 0.717) is 13.1 Å². The fourth-order valence-electron chi connectivity index (χ4n) is 4.63. The van der Waals surface area contributed by atoms with E-state index in [1.807, 2.05) is 17.0 Å². The monoisotopic (exact) mass is 358 g/mol. The molecular formula is C21H30N2O3. The predicted molar refractivity (Wildman–Crippen MR) is 102 cm³/mol. The lowest BCUT2D eigenvalue weighted by atomic mass is 9.82. The molecule has 0 unspecified atom stereocenters. The van der Waals surface area contributed by atoms with Crippen LogP contribution in [0, 0.1) is 0 Å². The number of ether oxygens (including phenoxy) is 1. The number of hydrogen-bond acceptors (Lipinski definition) is 4. The van der Waals surface area contributed by atoms with Gasteiger partial charge in [0.1, 0.15) is 0 Å². The van der Waals surface area contributed by atoms with Crippen LogP contribution in [-0.4, -0.2) is 60.4 Å². The number of hydrogen-bond donors (Lipinski definition) is 1. The highest BCUT2D eigenvalue weighted by Gasteiger charge is 2.44. The third-order valence-corrected chi connectivity index (χ3v) is 6.35. The molecule has 0 aliphatic carbocycles. The molecule has 3 aliphatic rings. The Bertz CT molecular complexity index is 617. The van der Waals surface area contributed by atoms with Crippen LogP contribution in [-0.2, 0) is 4.74 Å². The average molecular weight is 358 g/mol. The Labute approximate surface area is 155 Å². The fraction of sp³-hybridized carbons (Fsp3) is 0.667.